The van der Waals surface area contributed by atoms with Gasteiger partial charge in [-0.1, -0.05) is 13.8 Å². The van der Waals surface area contributed by atoms with Gasteiger partial charge in [-0.25, -0.2) is 0 Å². The molecule has 1 nitrogen and oxygen atoms in total. The molecule has 2 heterocycles. The highest BCUT2D eigenvalue weighted by molar-refractivity contribution is 14.1. The summed E-state index contributed by atoms with van der Waals surface area (Å²) in [6.45, 7) is 9.22. The highest BCUT2D eigenvalue weighted by Gasteiger charge is 2.44. The molecule has 0 amide bonds. The number of piperidine rings is 1. The molecule has 1 unspecified atom stereocenters. The normalized spacial score (nSPS) is 36.7. The smallest absolute Gasteiger partial charge is 0.140 e. The van der Waals surface area contributed by atoms with Crippen molar-refractivity contribution in [3.05, 3.63) is 0 Å². The molecule has 0 aliphatic carbocycles. The Morgan fingerprint density at radius 2 is 1.77 bits per heavy atom. The molecule has 1 atom stereocenters. The Morgan fingerprint density at radius 3 is 2.23 bits per heavy atom. The number of alkyl halides is 1. The van der Waals surface area contributed by atoms with Crippen molar-refractivity contribution in [2.75, 3.05) is 19.6 Å². The molecule has 76 valence electrons. The van der Waals surface area contributed by atoms with Gasteiger partial charge in [-0.2, -0.15) is 0 Å². The van der Waals surface area contributed by atoms with E-state index in [-0.39, 0.29) is 0 Å². The van der Waals surface area contributed by atoms with E-state index in [1.165, 1.54) is 49.8 Å². The second-order valence-electron chi connectivity index (χ2n) is 5.63. The monoisotopic (exact) mass is 294 g/mol. The molecule has 2 fully saturated rings. The lowest BCUT2D eigenvalue weighted by atomic mass is 9.82. The van der Waals surface area contributed by atoms with Gasteiger partial charge in [-0.05, 0) is 28.0 Å². The Morgan fingerprint density at radius 1 is 1.15 bits per heavy atom. The average Bonchev–Trinajstić information content (AvgIpc) is 2.41. The molecule has 0 radical (unpaired) electrons. The predicted molar refractivity (Wildman–Crippen MR) is 64.9 cm³/mol. The maximum atomic E-state index is 2.69. The Labute approximate surface area is 95.6 Å². The lowest BCUT2D eigenvalue weighted by molar-refractivity contribution is -0.928. The van der Waals surface area contributed by atoms with E-state index in [4.69, 9.17) is 0 Å². The summed E-state index contributed by atoms with van der Waals surface area (Å²) in [7, 11) is 0. The first-order chi connectivity index (χ1) is 6.04. The van der Waals surface area contributed by atoms with Crippen LogP contribution in [0.2, 0.25) is 0 Å². The Kier molecular flexibility index (Phi) is 2.65. The summed E-state index contributed by atoms with van der Waals surface area (Å²) in [6, 6.07) is 0. The minimum atomic E-state index is 0.627. The van der Waals surface area contributed by atoms with Gasteiger partial charge in [0, 0.05) is 25.7 Å². The van der Waals surface area contributed by atoms with Gasteiger partial charge in [-0.15, -0.1) is 0 Å². The zero-order chi connectivity index (χ0) is 9.53. The van der Waals surface area contributed by atoms with E-state index < -0.39 is 0 Å². The Balaban J connectivity index is 2.04. The fourth-order valence-corrected chi connectivity index (χ4v) is 4.06. The van der Waals surface area contributed by atoms with E-state index in [0.717, 1.165) is 4.05 Å². The van der Waals surface area contributed by atoms with E-state index in [0.29, 0.717) is 5.41 Å². The van der Waals surface area contributed by atoms with Gasteiger partial charge in [0.25, 0.3) is 0 Å². The van der Waals surface area contributed by atoms with Crippen LogP contribution in [0.4, 0.5) is 0 Å². The van der Waals surface area contributed by atoms with E-state index in [1.54, 1.807) is 0 Å². The van der Waals surface area contributed by atoms with Crippen LogP contribution in [0.15, 0.2) is 0 Å². The van der Waals surface area contributed by atoms with Crippen molar-refractivity contribution in [1.82, 2.24) is 0 Å². The average molecular weight is 294 g/mol. The quantitative estimate of drug-likeness (QED) is 0.279. The minimum Gasteiger partial charge on any atom is -0.313 e. The zero-order valence-electron chi connectivity index (χ0n) is 8.85. The fourth-order valence-electron chi connectivity index (χ4n) is 2.78. The summed E-state index contributed by atoms with van der Waals surface area (Å²) in [5, 5.41) is 0. The third-order valence-corrected chi connectivity index (χ3v) is 5.91. The SMILES string of the molecule is CC1(C)CC[N+]2(CCCC2I)CC1. The van der Waals surface area contributed by atoms with Crippen molar-refractivity contribution in [1.29, 1.82) is 0 Å². The molecule has 2 rings (SSSR count). The second kappa shape index (κ2) is 3.37. The van der Waals surface area contributed by atoms with Gasteiger partial charge in [0.1, 0.15) is 4.05 Å². The Bertz CT molecular complexity index is 190. The van der Waals surface area contributed by atoms with Gasteiger partial charge in [-0.3, -0.25) is 0 Å². The largest absolute Gasteiger partial charge is 0.313 e. The van der Waals surface area contributed by atoms with Crippen LogP contribution in [-0.2, 0) is 0 Å². The standard InChI is InChI=1S/C11H21IN/c1-11(2)5-8-13(9-6-11)7-3-4-10(13)12/h10H,3-9H2,1-2H3/q+1. The fraction of sp³-hybridized carbons (Fsp3) is 1.00. The number of rotatable bonds is 0. The first-order valence-electron chi connectivity index (χ1n) is 5.54. The molecular weight excluding hydrogens is 273 g/mol. The van der Waals surface area contributed by atoms with Crippen LogP contribution in [0.25, 0.3) is 0 Å². The molecule has 2 aliphatic rings. The third kappa shape index (κ3) is 1.89. The third-order valence-electron chi connectivity index (χ3n) is 4.11. The summed E-state index contributed by atoms with van der Waals surface area (Å²) >= 11 is 2.69. The molecular formula is C11H21IN+. The molecule has 2 heteroatoms. The summed E-state index contributed by atoms with van der Waals surface area (Å²) in [5.41, 5.74) is 0.627. The number of quaternary nitrogens is 1. The number of hydrogen-bond donors (Lipinski definition) is 0. The molecule has 0 aromatic carbocycles. The molecule has 13 heavy (non-hydrogen) atoms. The van der Waals surface area contributed by atoms with Crippen molar-refractivity contribution in [3.8, 4) is 0 Å². The van der Waals surface area contributed by atoms with Crippen LogP contribution in [0.1, 0.15) is 39.5 Å². The van der Waals surface area contributed by atoms with E-state index >= 15 is 0 Å². The Hall–Kier alpha value is 0.690. The van der Waals surface area contributed by atoms with Crippen molar-refractivity contribution < 1.29 is 4.48 Å². The molecule has 2 aliphatic heterocycles. The van der Waals surface area contributed by atoms with Gasteiger partial charge < -0.3 is 4.48 Å². The number of hydrogen-bond acceptors (Lipinski definition) is 0. The molecule has 0 saturated carbocycles. The van der Waals surface area contributed by atoms with Crippen LogP contribution < -0.4 is 0 Å². The number of halogens is 1. The summed E-state index contributed by atoms with van der Waals surface area (Å²) < 4.78 is 2.37. The van der Waals surface area contributed by atoms with E-state index in [9.17, 15) is 0 Å². The highest BCUT2D eigenvalue weighted by atomic mass is 127. The topological polar surface area (TPSA) is 0 Å². The lowest BCUT2D eigenvalue weighted by Gasteiger charge is -2.46. The van der Waals surface area contributed by atoms with E-state index in [2.05, 4.69) is 36.4 Å². The molecule has 1 spiro atoms. The molecule has 0 N–H and O–H groups in total. The van der Waals surface area contributed by atoms with Crippen LogP contribution in [0, 0.1) is 5.41 Å². The van der Waals surface area contributed by atoms with Crippen molar-refractivity contribution in [2.24, 2.45) is 5.41 Å². The van der Waals surface area contributed by atoms with Crippen LogP contribution in [0.3, 0.4) is 0 Å². The predicted octanol–water partition coefficient (Wildman–Crippen LogP) is 3.18. The molecule has 0 aromatic heterocycles. The lowest BCUT2D eigenvalue weighted by Crippen LogP contribution is -2.55. The van der Waals surface area contributed by atoms with Gasteiger partial charge >= 0.3 is 0 Å². The maximum absolute atomic E-state index is 2.69. The maximum Gasteiger partial charge on any atom is 0.140 e. The van der Waals surface area contributed by atoms with Crippen LogP contribution in [-0.4, -0.2) is 28.2 Å². The van der Waals surface area contributed by atoms with Gasteiger partial charge in [0.05, 0.1) is 19.6 Å². The molecule has 0 bridgehead atoms. The van der Waals surface area contributed by atoms with Crippen molar-refractivity contribution in [3.63, 3.8) is 0 Å². The highest BCUT2D eigenvalue weighted by Crippen LogP contribution is 2.40. The summed E-state index contributed by atoms with van der Waals surface area (Å²) in [6.07, 6.45) is 5.80. The molecule has 2 saturated heterocycles. The minimum absolute atomic E-state index is 0.627. The van der Waals surface area contributed by atoms with Crippen LogP contribution >= 0.6 is 22.6 Å². The van der Waals surface area contributed by atoms with Crippen molar-refractivity contribution >= 4 is 22.6 Å². The summed E-state index contributed by atoms with van der Waals surface area (Å²) in [5.74, 6) is 0. The van der Waals surface area contributed by atoms with Gasteiger partial charge in [0.15, 0.2) is 0 Å². The first-order valence-corrected chi connectivity index (χ1v) is 6.79. The second-order valence-corrected chi connectivity index (χ2v) is 7.07. The molecule has 0 aromatic rings. The summed E-state index contributed by atoms with van der Waals surface area (Å²) in [4.78, 5) is 0. The first kappa shape index (κ1) is 10.2. The van der Waals surface area contributed by atoms with E-state index in [1.807, 2.05) is 0 Å². The van der Waals surface area contributed by atoms with Crippen molar-refractivity contribution in [2.45, 2.75) is 43.6 Å². The number of nitrogens with zero attached hydrogens (tertiary/aromatic N) is 1. The zero-order valence-corrected chi connectivity index (χ0v) is 11.0. The van der Waals surface area contributed by atoms with Gasteiger partial charge in [0.2, 0.25) is 0 Å². The van der Waals surface area contributed by atoms with Crippen LogP contribution in [0.5, 0.6) is 0 Å².